The molecular formula is C22H14ClNO2. The Kier molecular flexibility index (Phi) is 5.48. The maximum absolute atomic E-state index is 12.2. The van der Waals surface area contributed by atoms with E-state index in [4.69, 9.17) is 16.3 Å². The zero-order chi connectivity index (χ0) is 18.4. The smallest absolute Gasteiger partial charge is 0.343 e. The van der Waals surface area contributed by atoms with E-state index in [9.17, 15) is 10.1 Å². The zero-order valence-corrected chi connectivity index (χ0v) is 14.5. The van der Waals surface area contributed by atoms with E-state index in [-0.39, 0.29) is 0 Å². The van der Waals surface area contributed by atoms with E-state index in [1.54, 1.807) is 48.5 Å². The van der Waals surface area contributed by atoms with Gasteiger partial charge in [0.05, 0.1) is 17.2 Å². The van der Waals surface area contributed by atoms with Gasteiger partial charge >= 0.3 is 5.97 Å². The Balaban J connectivity index is 1.82. The van der Waals surface area contributed by atoms with Gasteiger partial charge in [-0.1, -0.05) is 54.1 Å². The van der Waals surface area contributed by atoms with Gasteiger partial charge in [0, 0.05) is 5.02 Å². The van der Waals surface area contributed by atoms with Gasteiger partial charge in [0.2, 0.25) is 0 Å². The fourth-order valence-corrected chi connectivity index (χ4v) is 2.51. The van der Waals surface area contributed by atoms with Crippen molar-refractivity contribution in [3.8, 4) is 11.8 Å². The third-order valence-corrected chi connectivity index (χ3v) is 3.92. The Bertz CT molecular complexity index is 987. The van der Waals surface area contributed by atoms with Crippen LogP contribution in [0.25, 0.3) is 11.6 Å². The molecular weight excluding hydrogens is 346 g/mol. The number of hydrogen-bond donors (Lipinski definition) is 0. The summed E-state index contributed by atoms with van der Waals surface area (Å²) in [6.45, 7) is 0. The highest BCUT2D eigenvalue weighted by Crippen LogP contribution is 2.21. The second-order valence-electron chi connectivity index (χ2n) is 5.50. The minimum absolute atomic E-state index is 0.407. The predicted octanol–water partition coefficient (Wildman–Crippen LogP) is 5.62. The molecule has 0 bridgehead atoms. The summed E-state index contributed by atoms with van der Waals surface area (Å²) in [7, 11) is 0. The van der Waals surface area contributed by atoms with Crippen molar-refractivity contribution in [2.45, 2.75) is 0 Å². The maximum Gasteiger partial charge on any atom is 0.343 e. The van der Waals surface area contributed by atoms with Crippen molar-refractivity contribution in [3.05, 3.63) is 101 Å². The number of hydrogen-bond acceptors (Lipinski definition) is 3. The van der Waals surface area contributed by atoms with Crippen LogP contribution >= 0.6 is 11.6 Å². The molecule has 0 fully saturated rings. The van der Waals surface area contributed by atoms with E-state index in [1.807, 2.05) is 36.4 Å². The minimum Gasteiger partial charge on any atom is -0.423 e. The molecule has 0 aliphatic carbocycles. The van der Waals surface area contributed by atoms with Crippen molar-refractivity contribution in [1.29, 1.82) is 5.26 Å². The predicted molar refractivity (Wildman–Crippen MR) is 103 cm³/mol. The number of carbonyl (C=O) groups is 1. The molecule has 0 N–H and O–H groups in total. The molecule has 4 heteroatoms. The molecule has 0 aromatic heterocycles. The first-order chi connectivity index (χ1) is 12.7. The first-order valence-corrected chi connectivity index (χ1v) is 8.28. The van der Waals surface area contributed by atoms with Crippen LogP contribution in [0.5, 0.6) is 5.75 Å². The second-order valence-corrected chi connectivity index (χ2v) is 5.94. The summed E-state index contributed by atoms with van der Waals surface area (Å²) in [6, 6.07) is 25.1. The molecule has 3 aromatic rings. The van der Waals surface area contributed by atoms with Crippen LogP contribution in [0.1, 0.15) is 21.5 Å². The van der Waals surface area contributed by atoms with Crippen molar-refractivity contribution in [2.75, 3.05) is 0 Å². The van der Waals surface area contributed by atoms with Gasteiger partial charge in [-0.05, 0) is 53.6 Å². The Labute approximate surface area is 156 Å². The van der Waals surface area contributed by atoms with E-state index >= 15 is 0 Å². The number of esters is 1. The molecule has 0 heterocycles. The molecule has 0 amide bonds. The molecule has 0 atom stereocenters. The highest BCUT2D eigenvalue weighted by molar-refractivity contribution is 6.30. The lowest BCUT2D eigenvalue weighted by Gasteiger charge is -2.06. The molecule has 0 spiro atoms. The monoisotopic (exact) mass is 359 g/mol. The molecule has 0 saturated heterocycles. The van der Waals surface area contributed by atoms with Gasteiger partial charge in [0.1, 0.15) is 5.75 Å². The molecule has 0 aliphatic heterocycles. The summed E-state index contributed by atoms with van der Waals surface area (Å²) < 4.78 is 5.41. The third-order valence-electron chi connectivity index (χ3n) is 3.66. The SMILES string of the molecule is N#C/C(=C/c1cccc(OC(=O)c2ccc(Cl)cc2)c1)c1ccccc1. The van der Waals surface area contributed by atoms with Crippen LogP contribution in [0.3, 0.4) is 0 Å². The number of benzene rings is 3. The average Bonchev–Trinajstić information content (AvgIpc) is 2.67. The molecule has 0 unspecified atom stereocenters. The first kappa shape index (κ1) is 17.5. The number of halogens is 1. The van der Waals surface area contributed by atoms with Gasteiger partial charge in [-0.3, -0.25) is 0 Å². The van der Waals surface area contributed by atoms with Crippen LogP contribution in [-0.2, 0) is 0 Å². The molecule has 3 nitrogen and oxygen atoms in total. The van der Waals surface area contributed by atoms with Crippen LogP contribution in [0.15, 0.2) is 78.9 Å². The minimum atomic E-state index is -0.466. The normalized spacial score (nSPS) is 10.8. The molecule has 26 heavy (non-hydrogen) atoms. The van der Waals surface area contributed by atoms with Crippen LogP contribution in [0, 0.1) is 11.3 Å². The molecule has 126 valence electrons. The van der Waals surface area contributed by atoms with Gasteiger partial charge in [0.25, 0.3) is 0 Å². The Morgan fingerprint density at radius 1 is 0.923 bits per heavy atom. The van der Waals surface area contributed by atoms with E-state index in [2.05, 4.69) is 6.07 Å². The maximum atomic E-state index is 12.2. The van der Waals surface area contributed by atoms with Crippen molar-refractivity contribution in [3.63, 3.8) is 0 Å². The van der Waals surface area contributed by atoms with Crippen molar-refractivity contribution in [2.24, 2.45) is 0 Å². The number of rotatable bonds is 4. The number of nitrogens with zero attached hydrogens (tertiary/aromatic N) is 1. The summed E-state index contributed by atoms with van der Waals surface area (Å²) in [6.07, 6.45) is 1.76. The Morgan fingerprint density at radius 2 is 1.65 bits per heavy atom. The number of nitriles is 1. The molecule has 3 aromatic carbocycles. The van der Waals surface area contributed by atoms with E-state index in [0.717, 1.165) is 11.1 Å². The van der Waals surface area contributed by atoms with Gasteiger partial charge in [0.15, 0.2) is 0 Å². The van der Waals surface area contributed by atoms with Gasteiger partial charge in [-0.15, -0.1) is 0 Å². The molecule has 0 radical (unpaired) electrons. The van der Waals surface area contributed by atoms with Crippen LogP contribution in [-0.4, -0.2) is 5.97 Å². The summed E-state index contributed by atoms with van der Waals surface area (Å²) in [5.74, 6) is -0.0598. The lowest BCUT2D eigenvalue weighted by atomic mass is 10.0. The van der Waals surface area contributed by atoms with E-state index in [1.165, 1.54) is 0 Å². The lowest BCUT2D eigenvalue weighted by Crippen LogP contribution is -2.08. The van der Waals surface area contributed by atoms with E-state index < -0.39 is 5.97 Å². The topological polar surface area (TPSA) is 50.1 Å². The Morgan fingerprint density at radius 3 is 2.35 bits per heavy atom. The summed E-state index contributed by atoms with van der Waals surface area (Å²) >= 11 is 5.83. The summed E-state index contributed by atoms with van der Waals surface area (Å²) in [5, 5.41) is 9.97. The van der Waals surface area contributed by atoms with Crippen LogP contribution < -0.4 is 4.74 Å². The van der Waals surface area contributed by atoms with Crippen LogP contribution in [0.2, 0.25) is 5.02 Å². The largest absolute Gasteiger partial charge is 0.423 e. The average molecular weight is 360 g/mol. The van der Waals surface area contributed by atoms with Crippen molar-refractivity contribution >= 4 is 29.2 Å². The van der Waals surface area contributed by atoms with Crippen LogP contribution in [0.4, 0.5) is 0 Å². The van der Waals surface area contributed by atoms with Gasteiger partial charge in [-0.25, -0.2) is 4.79 Å². The summed E-state index contributed by atoms with van der Waals surface area (Å²) in [4.78, 5) is 12.2. The first-order valence-electron chi connectivity index (χ1n) is 7.91. The van der Waals surface area contributed by atoms with Gasteiger partial charge in [-0.2, -0.15) is 5.26 Å². The van der Waals surface area contributed by atoms with Crippen molar-refractivity contribution in [1.82, 2.24) is 0 Å². The second kappa shape index (κ2) is 8.15. The van der Waals surface area contributed by atoms with Gasteiger partial charge < -0.3 is 4.74 Å². The summed E-state index contributed by atoms with van der Waals surface area (Å²) in [5.41, 5.74) is 2.55. The lowest BCUT2D eigenvalue weighted by molar-refractivity contribution is 0.0735. The number of allylic oxidation sites excluding steroid dienone is 1. The van der Waals surface area contributed by atoms with E-state index in [0.29, 0.717) is 21.9 Å². The molecule has 0 aliphatic rings. The quantitative estimate of drug-likeness (QED) is 0.263. The highest BCUT2D eigenvalue weighted by atomic mass is 35.5. The fraction of sp³-hybridized carbons (Fsp3) is 0. The fourth-order valence-electron chi connectivity index (χ4n) is 2.38. The highest BCUT2D eigenvalue weighted by Gasteiger charge is 2.09. The number of carbonyl (C=O) groups excluding carboxylic acids is 1. The standard InChI is InChI=1S/C22H14ClNO2/c23-20-11-9-18(10-12-20)22(25)26-21-8-4-5-16(14-21)13-19(15-24)17-6-2-1-3-7-17/h1-14H/b19-13-. The molecule has 0 saturated carbocycles. The van der Waals surface area contributed by atoms with Crippen molar-refractivity contribution < 1.29 is 9.53 Å². The number of ether oxygens (including phenoxy) is 1. The molecule has 3 rings (SSSR count). The Hall–Kier alpha value is -3.35. The zero-order valence-electron chi connectivity index (χ0n) is 13.7. The third kappa shape index (κ3) is 4.38.